The minimum absolute atomic E-state index is 0.223. The zero-order valence-corrected chi connectivity index (χ0v) is 19.1. The van der Waals surface area contributed by atoms with Gasteiger partial charge in [-0.1, -0.05) is 18.2 Å². The van der Waals surface area contributed by atoms with E-state index in [4.69, 9.17) is 4.74 Å². The number of nitrogens with zero attached hydrogens (tertiary/aromatic N) is 2. The van der Waals surface area contributed by atoms with E-state index in [0.717, 1.165) is 17.0 Å². The number of hydrogen-bond donors (Lipinski definition) is 2. The van der Waals surface area contributed by atoms with Crippen LogP contribution in [0.1, 0.15) is 10.4 Å². The van der Waals surface area contributed by atoms with E-state index in [1.54, 1.807) is 66.7 Å². The lowest BCUT2D eigenvalue weighted by Crippen LogP contribution is -2.11. The van der Waals surface area contributed by atoms with Crippen molar-refractivity contribution in [2.45, 2.75) is 0 Å². The summed E-state index contributed by atoms with van der Waals surface area (Å²) in [5.41, 5.74) is 3.40. The van der Waals surface area contributed by atoms with Gasteiger partial charge in [0.15, 0.2) is 0 Å². The number of benzene rings is 4. The SMILES string of the molecule is O=C(Nc1ccc(Oc2ccccc2)cc1)c1ccc(Nc2cc(-c3ccc(F)cc3)ncn2)cc1. The quantitative estimate of drug-likeness (QED) is 0.263. The summed E-state index contributed by atoms with van der Waals surface area (Å²) in [6, 6.07) is 31.6. The molecule has 0 aliphatic carbocycles. The average Bonchev–Trinajstić information content (AvgIpc) is 2.91. The second kappa shape index (κ2) is 10.5. The van der Waals surface area contributed by atoms with Gasteiger partial charge in [0.2, 0.25) is 0 Å². The lowest BCUT2D eigenvalue weighted by molar-refractivity contribution is 0.102. The summed E-state index contributed by atoms with van der Waals surface area (Å²) in [5.74, 6) is 1.49. The van der Waals surface area contributed by atoms with Crippen molar-refractivity contribution in [3.05, 3.63) is 127 Å². The molecule has 1 amide bonds. The van der Waals surface area contributed by atoms with Gasteiger partial charge in [-0.3, -0.25) is 4.79 Å². The summed E-state index contributed by atoms with van der Waals surface area (Å²) >= 11 is 0. The van der Waals surface area contributed by atoms with Crippen molar-refractivity contribution in [1.82, 2.24) is 9.97 Å². The minimum atomic E-state index is -0.302. The molecule has 176 valence electrons. The molecule has 4 aromatic carbocycles. The van der Waals surface area contributed by atoms with E-state index in [0.29, 0.717) is 28.5 Å². The van der Waals surface area contributed by atoms with Crippen LogP contribution in [0.3, 0.4) is 0 Å². The number of carbonyl (C=O) groups is 1. The number of aromatic nitrogens is 2. The molecule has 5 rings (SSSR count). The third-order valence-electron chi connectivity index (χ3n) is 5.32. The largest absolute Gasteiger partial charge is 0.457 e. The number of ether oxygens (including phenoxy) is 1. The van der Waals surface area contributed by atoms with Crippen molar-refractivity contribution in [3.63, 3.8) is 0 Å². The van der Waals surface area contributed by atoms with E-state index in [1.807, 2.05) is 30.3 Å². The Bertz CT molecular complexity index is 1460. The fraction of sp³-hybridized carbons (Fsp3) is 0. The van der Waals surface area contributed by atoms with E-state index in [9.17, 15) is 9.18 Å². The second-order valence-corrected chi connectivity index (χ2v) is 7.89. The van der Waals surface area contributed by atoms with Gasteiger partial charge in [-0.2, -0.15) is 0 Å². The van der Waals surface area contributed by atoms with E-state index < -0.39 is 0 Å². The maximum Gasteiger partial charge on any atom is 0.255 e. The predicted octanol–water partition coefficient (Wildman–Crippen LogP) is 7.07. The summed E-state index contributed by atoms with van der Waals surface area (Å²) < 4.78 is 19.0. The smallest absolute Gasteiger partial charge is 0.255 e. The molecule has 0 fully saturated rings. The summed E-state index contributed by atoms with van der Waals surface area (Å²) in [5, 5.41) is 6.08. The molecule has 1 aromatic heterocycles. The topological polar surface area (TPSA) is 76.1 Å². The van der Waals surface area contributed by atoms with Gasteiger partial charge in [-0.05, 0) is 84.9 Å². The molecule has 0 aliphatic rings. The molecule has 2 N–H and O–H groups in total. The maximum absolute atomic E-state index is 13.2. The van der Waals surface area contributed by atoms with Crippen LogP contribution >= 0.6 is 0 Å². The number of para-hydroxylation sites is 1. The first-order chi connectivity index (χ1) is 17.6. The third-order valence-corrected chi connectivity index (χ3v) is 5.32. The van der Waals surface area contributed by atoms with Crippen LogP contribution < -0.4 is 15.4 Å². The van der Waals surface area contributed by atoms with Gasteiger partial charge in [0, 0.05) is 28.6 Å². The Morgan fingerprint density at radius 2 is 1.39 bits per heavy atom. The first kappa shape index (κ1) is 22.7. The third kappa shape index (κ3) is 5.71. The Morgan fingerprint density at radius 1 is 0.722 bits per heavy atom. The lowest BCUT2D eigenvalue weighted by Gasteiger charge is -2.10. The van der Waals surface area contributed by atoms with Crippen LogP contribution in [-0.2, 0) is 0 Å². The fourth-order valence-corrected chi connectivity index (χ4v) is 3.49. The monoisotopic (exact) mass is 476 g/mol. The molecule has 5 aromatic rings. The van der Waals surface area contributed by atoms with E-state index in [-0.39, 0.29) is 11.7 Å². The Labute approximate surface area is 207 Å². The van der Waals surface area contributed by atoms with Crippen LogP contribution in [0, 0.1) is 5.82 Å². The number of nitrogens with one attached hydrogen (secondary N) is 2. The van der Waals surface area contributed by atoms with Gasteiger partial charge in [-0.15, -0.1) is 0 Å². The summed E-state index contributed by atoms with van der Waals surface area (Å²) in [6.07, 6.45) is 1.44. The van der Waals surface area contributed by atoms with Gasteiger partial charge in [-0.25, -0.2) is 14.4 Å². The molecule has 0 saturated carbocycles. The molecule has 1 heterocycles. The molecule has 0 atom stereocenters. The molecule has 0 bridgehead atoms. The van der Waals surface area contributed by atoms with Gasteiger partial charge in [0.25, 0.3) is 5.91 Å². The van der Waals surface area contributed by atoms with E-state index >= 15 is 0 Å². The highest BCUT2D eigenvalue weighted by atomic mass is 19.1. The van der Waals surface area contributed by atoms with Gasteiger partial charge in [0.05, 0.1) is 5.69 Å². The summed E-state index contributed by atoms with van der Waals surface area (Å²) in [6.45, 7) is 0. The molecule has 36 heavy (non-hydrogen) atoms. The average molecular weight is 477 g/mol. The van der Waals surface area contributed by atoms with Crippen LogP contribution in [0.15, 0.2) is 116 Å². The minimum Gasteiger partial charge on any atom is -0.457 e. The van der Waals surface area contributed by atoms with Crippen molar-refractivity contribution in [2.24, 2.45) is 0 Å². The number of rotatable bonds is 7. The second-order valence-electron chi connectivity index (χ2n) is 7.89. The lowest BCUT2D eigenvalue weighted by atomic mass is 10.1. The predicted molar refractivity (Wildman–Crippen MR) is 138 cm³/mol. The standard InChI is InChI=1S/C29H21FN4O2/c30-22-10-6-20(7-11-22)27-18-28(32-19-31-27)33-23-12-8-21(9-13-23)29(35)34-24-14-16-26(17-15-24)36-25-4-2-1-3-5-25/h1-19H,(H,34,35)(H,31,32,33). The van der Waals surface area contributed by atoms with Crippen LogP contribution in [0.2, 0.25) is 0 Å². The first-order valence-corrected chi connectivity index (χ1v) is 11.2. The molecule has 0 aliphatic heterocycles. The molecule has 0 saturated heterocycles. The number of anilines is 3. The number of hydrogen-bond acceptors (Lipinski definition) is 5. The first-order valence-electron chi connectivity index (χ1n) is 11.2. The Morgan fingerprint density at radius 3 is 2.11 bits per heavy atom. The Balaban J connectivity index is 1.20. The highest BCUT2D eigenvalue weighted by Crippen LogP contribution is 2.24. The molecular weight excluding hydrogens is 455 g/mol. The highest BCUT2D eigenvalue weighted by molar-refractivity contribution is 6.04. The summed E-state index contributed by atoms with van der Waals surface area (Å²) in [7, 11) is 0. The van der Waals surface area contributed by atoms with Crippen molar-refractivity contribution in [2.75, 3.05) is 10.6 Å². The number of carbonyl (C=O) groups excluding carboxylic acids is 1. The molecular formula is C29H21FN4O2. The van der Waals surface area contributed by atoms with Crippen LogP contribution in [0.5, 0.6) is 11.5 Å². The molecule has 0 spiro atoms. The van der Waals surface area contributed by atoms with Crippen LogP contribution in [0.4, 0.5) is 21.6 Å². The highest BCUT2D eigenvalue weighted by Gasteiger charge is 2.08. The van der Waals surface area contributed by atoms with Crippen molar-refractivity contribution >= 4 is 23.1 Å². The van der Waals surface area contributed by atoms with Crippen molar-refractivity contribution in [1.29, 1.82) is 0 Å². The van der Waals surface area contributed by atoms with Crippen LogP contribution in [-0.4, -0.2) is 15.9 Å². The van der Waals surface area contributed by atoms with E-state index in [1.165, 1.54) is 18.5 Å². The van der Waals surface area contributed by atoms with E-state index in [2.05, 4.69) is 20.6 Å². The Kier molecular flexibility index (Phi) is 6.62. The fourth-order valence-electron chi connectivity index (χ4n) is 3.49. The molecule has 6 nitrogen and oxygen atoms in total. The maximum atomic E-state index is 13.2. The normalized spacial score (nSPS) is 10.5. The van der Waals surface area contributed by atoms with Crippen molar-refractivity contribution < 1.29 is 13.9 Å². The number of amides is 1. The zero-order chi connectivity index (χ0) is 24.7. The zero-order valence-electron chi connectivity index (χ0n) is 19.1. The number of halogens is 1. The Hall–Kier alpha value is -5.04. The van der Waals surface area contributed by atoms with Gasteiger partial charge < -0.3 is 15.4 Å². The molecule has 0 unspecified atom stereocenters. The van der Waals surface area contributed by atoms with Crippen LogP contribution in [0.25, 0.3) is 11.3 Å². The van der Waals surface area contributed by atoms with Gasteiger partial charge >= 0.3 is 0 Å². The van der Waals surface area contributed by atoms with Crippen molar-refractivity contribution in [3.8, 4) is 22.8 Å². The molecule has 0 radical (unpaired) electrons. The summed E-state index contributed by atoms with van der Waals surface area (Å²) in [4.78, 5) is 21.2. The van der Waals surface area contributed by atoms with Gasteiger partial charge in [0.1, 0.15) is 29.5 Å². The molecule has 7 heteroatoms.